The van der Waals surface area contributed by atoms with E-state index < -0.39 is 24.6 Å². The highest BCUT2D eigenvalue weighted by Crippen LogP contribution is 2.37. The molecule has 0 aliphatic rings. The summed E-state index contributed by atoms with van der Waals surface area (Å²) in [4.78, 5) is 12.9. The molecule has 6 nitrogen and oxygen atoms in total. The van der Waals surface area contributed by atoms with Gasteiger partial charge in [-0.1, -0.05) is 0 Å². The van der Waals surface area contributed by atoms with E-state index in [4.69, 9.17) is 4.74 Å². The van der Waals surface area contributed by atoms with Gasteiger partial charge in [-0.25, -0.2) is 19.3 Å². The topological polar surface area (TPSA) is 77.4 Å². The lowest BCUT2D eigenvalue weighted by molar-refractivity contribution is -0.0528. The van der Waals surface area contributed by atoms with Gasteiger partial charge < -0.3 is 14.6 Å². The molecule has 2 atom stereocenters. The van der Waals surface area contributed by atoms with Gasteiger partial charge >= 0.3 is 6.61 Å². The van der Waals surface area contributed by atoms with Crippen LogP contribution in [-0.4, -0.2) is 38.9 Å². The van der Waals surface area contributed by atoms with Crippen LogP contribution in [0.25, 0.3) is 31.8 Å². The van der Waals surface area contributed by atoms with Crippen molar-refractivity contribution in [3.8, 4) is 22.2 Å². The molecule has 0 aliphatic heterocycles. The average Bonchev–Trinajstić information content (AvgIpc) is 3.09. The number of alkyl halides is 2. The molecule has 2 aromatic heterocycles. The van der Waals surface area contributed by atoms with Gasteiger partial charge in [-0.3, -0.25) is 0 Å². The molecule has 4 aromatic rings. The standard InChI is InChI=1S/C21H18F3N3O3S/c1-9-4-12(19-15(5-9)26-18(8-25-19)30-21(23)24)20-27-14-6-13(22)16(7-17(14)31-20)29-11(3)10(2)28/h4-8,10-11,21,28H,1-3H3/t10-,11+/m1/s1. The number of aliphatic hydroxyl groups excluding tert-OH is 1. The number of aliphatic hydroxyl groups is 1. The van der Waals surface area contributed by atoms with Crippen molar-refractivity contribution < 1.29 is 27.8 Å². The van der Waals surface area contributed by atoms with Crippen molar-refractivity contribution in [1.29, 1.82) is 0 Å². The monoisotopic (exact) mass is 449 g/mol. The molecule has 4 rings (SSSR count). The highest BCUT2D eigenvalue weighted by molar-refractivity contribution is 7.21. The van der Waals surface area contributed by atoms with Crippen molar-refractivity contribution in [1.82, 2.24) is 15.0 Å². The van der Waals surface area contributed by atoms with E-state index in [0.29, 0.717) is 31.8 Å². The van der Waals surface area contributed by atoms with Crippen LogP contribution in [-0.2, 0) is 0 Å². The van der Waals surface area contributed by atoms with Crippen molar-refractivity contribution >= 4 is 32.6 Å². The van der Waals surface area contributed by atoms with Crippen LogP contribution >= 0.6 is 11.3 Å². The fourth-order valence-electron chi connectivity index (χ4n) is 2.99. The third-order valence-corrected chi connectivity index (χ3v) is 5.69. The number of hydrogen-bond donors (Lipinski definition) is 1. The first-order valence-corrected chi connectivity index (χ1v) is 10.2. The van der Waals surface area contributed by atoms with E-state index in [1.165, 1.54) is 17.4 Å². The van der Waals surface area contributed by atoms with Gasteiger partial charge in [0, 0.05) is 17.7 Å². The van der Waals surface area contributed by atoms with Crippen LogP contribution in [0.15, 0.2) is 30.5 Å². The molecule has 2 heterocycles. The second-order valence-electron chi connectivity index (χ2n) is 7.10. The summed E-state index contributed by atoms with van der Waals surface area (Å²) in [5.74, 6) is -0.835. The second kappa shape index (κ2) is 8.27. The Hall–Kier alpha value is -2.98. The second-order valence-corrected chi connectivity index (χ2v) is 8.13. The fraction of sp³-hybridized carbons (Fsp3) is 0.286. The molecule has 0 spiro atoms. The van der Waals surface area contributed by atoms with Crippen molar-refractivity contribution in [2.45, 2.75) is 39.6 Å². The SMILES string of the molecule is Cc1cc(-c2nc3cc(F)c(O[C@@H](C)[C@@H](C)O)cc3s2)c2ncc(OC(F)F)nc2c1. The van der Waals surface area contributed by atoms with Crippen molar-refractivity contribution in [2.75, 3.05) is 0 Å². The molecule has 1 N–H and O–H groups in total. The fourth-order valence-corrected chi connectivity index (χ4v) is 3.99. The minimum atomic E-state index is -3.00. The first kappa shape index (κ1) is 21.3. The normalized spacial score (nSPS) is 13.7. The maximum atomic E-state index is 14.5. The van der Waals surface area contributed by atoms with Crippen LogP contribution in [0.4, 0.5) is 13.2 Å². The van der Waals surface area contributed by atoms with Gasteiger partial charge in [0.2, 0.25) is 5.88 Å². The van der Waals surface area contributed by atoms with Gasteiger partial charge in [0.1, 0.15) is 11.1 Å². The third kappa shape index (κ3) is 4.40. The number of aromatic nitrogens is 3. The number of nitrogens with zero attached hydrogens (tertiary/aromatic N) is 3. The van der Waals surface area contributed by atoms with Crippen LogP contribution in [0.2, 0.25) is 0 Å². The van der Waals surface area contributed by atoms with E-state index in [1.807, 2.05) is 13.0 Å². The zero-order valence-corrected chi connectivity index (χ0v) is 17.6. The van der Waals surface area contributed by atoms with E-state index in [9.17, 15) is 18.3 Å². The lowest BCUT2D eigenvalue weighted by atomic mass is 10.1. The van der Waals surface area contributed by atoms with Crippen LogP contribution in [0.3, 0.4) is 0 Å². The smallest absolute Gasteiger partial charge is 0.388 e. The first-order chi connectivity index (χ1) is 14.7. The minimum absolute atomic E-state index is 0.0266. The molecule has 10 heteroatoms. The summed E-state index contributed by atoms with van der Waals surface area (Å²) in [5.41, 5.74) is 2.76. The molecule has 0 unspecified atom stereocenters. The summed E-state index contributed by atoms with van der Waals surface area (Å²) in [6, 6.07) is 6.38. The Morgan fingerprint density at radius 2 is 1.81 bits per heavy atom. The molecule has 0 bridgehead atoms. The minimum Gasteiger partial charge on any atom is -0.485 e. The van der Waals surface area contributed by atoms with Gasteiger partial charge in [0.05, 0.1) is 33.6 Å². The van der Waals surface area contributed by atoms with Crippen LogP contribution in [0.1, 0.15) is 19.4 Å². The molecule has 0 saturated heterocycles. The average molecular weight is 449 g/mol. The Balaban J connectivity index is 1.79. The Morgan fingerprint density at radius 3 is 2.52 bits per heavy atom. The summed E-state index contributed by atoms with van der Waals surface area (Å²) in [6.07, 6.45) is -0.216. The van der Waals surface area contributed by atoms with Crippen LogP contribution in [0.5, 0.6) is 11.6 Å². The molecule has 0 saturated carbocycles. The summed E-state index contributed by atoms with van der Waals surface area (Å²) in [5, 5.41) is 10.2. The first-order valence-electron chi connectivity index (χ1n) is 9.38. The Morgan fingerprint density at radius 1 is 1.03 bits per heavy atom. The maximum Gasteiger partial charge on any atom is 0.388 e. The molecule has 0 aliphatic carbocycles. The number of rotatable bonds is 6. The summed E-state index contributed by atoms with van der Waals surface area (Å²) in [6.45, 7) is 2.05. The Bertz CT molecular complexity index is 1260. The largest absolute Gasteiger partial charge is 0.485 e. The number of benzene rings is 2. The highest BCUT2D eigenvalue weighted by atomic mass is 32.1. The van der Waals surface area contributed by atoms with Crippen molar-refractivity contribution in [2.24, 2.45) is 0 Å². The molecular formula is C21H18F3N3O3S. The van der Waals surface area contributed by atoms with Crippen LogP contribution in [0, 0.1) is 12.7 Å². The van der Waals surface area contributed by atoms with Gasteiger partial charge in [0.25, 0.3) is 0 Å². The van der Waals surface area contributed by atoms with Gasteiger partial charge in [0.15, 0.2) is 11.6 Å². The molecule has 162 valence electrons. The predicted octanol–water partition coefficient (Wildman–Crippen LogP) is 5.10. The lowest BCUT2D eigenvalue weighted by Gasteiger charge is -2.17. The molecule has 0 radical (unpaired) electrons. The predicted molar refractivity (Wildman–Crippen MR) is 111 cm³/mol. The number of hydrogen-bond acceptors (Lipinski definition) is 7. The van der Waals surface area contributed by atoms with Crippen LogP contribution < -0.4 is 9.47 Å². The van der Waals surface area contributed by atoms with Gasteiger partial charge in [-0.2, -0.15) is 8.78 Å². The zero-order chi connectivity index (χ0) is 22.3. The van der Waals surface area contributed by atoms with E-state index in [0.717, 1.165) is 11.8 Å². The van der Waals surface area contributed by atoms with E-state index >= 15 is 0 Å². The number of fused-ring (bicyclic) bond motifs is 2. The lowest BCUT2D eigenvalue weighted by Crippen LogP contribution is -2.25. The van der Waals surface area contributed by atoms with Crippen molar-refractivity contribution in [3.63, 3.8) is 0 Å². The van der Waals surface area contributed by atoms with Gasteiger partial charge in [-0.15, -0.1) is 11.3 Å². The Kier molecular flexibility index (Phi) is 5.67. The summed E-state index contributed by atoms with van der Waals surface area (Å²) in [7, 11) is 0. The van der Waals surface area contributed by atoms with E-state index in [1.54, 1.807) is 26.0 Å². The molecule has 31 heavy (non-hydrogen) atoms. The summed E-state index contributed by atoms with van der Waals surface area (Å²) >= 11 is 1.31. The quantitative estimate of drug-likeness (QED) is 0.441. The Labute approximate surface area is 179 Å². The van der Waals surface area contributed by atoms with E-state index in [2.05, 4.69) is 19.7 Å². The number of ether oxygens (including phenoxy) is 2. The van der Waals surface area contributed by atoms with Crippen molar-refractivity contribution in [3.05, 3.63) is 41.8 Å². The zero-order valence-electron chi connectivity index (χ0n) is 16.8. The number of thiazole rings is 1. The summed E-state index contributed by atoms with van der Waals surface area (Å²) < 4.78 is 50.0. The maximum absolute atomic E-state index is 14.5. The highest BCUT2D eigenvalue weighted by Gasteiger charge is 2.18. The molecular weight excluding hydrogens is 431 g/mol. The number of halogens is 3. The molecule has 2 aromatic carbocycles. The van der Waals surface area contributed by atoms with E-state index in [-0.39, 0.29) is 11.6 Å². The number of aryl methyl sites for hydroxylation is 1. The van der Waals surface area contributed by atoms with Gasteiger partial charge in [-0.05, 0) is 38.5 Å². The third-order valence-electron chi connectivity index (χ3n) is 4.64. The molecule has 0 amide bonds. The molecule has 0 fully saturated rings.